The summed E-state index contributed by atoms with van der Waals surface area (Å²) in [5.74, 6) is 0.145. The topological polar surface area (TPSA) is 59.1 Å². The molecule has 2 rings (SSSR count). The van der Waals surface area contributed by atoms with Crippen molar-refractivity contribution in [2.24, 2.45) is 5.73 Å². The number of amidine groups is 1. The van der Waals surface area contributed by atoms with Gasteiger partial charge in [0.1, 0.15) is 24.0 Å². The average Bonchev–Trinajstić information content (AvgIpc) is 2.36. The van der Waals surface area contributed by atoms with E-state index in [4.69, 9.17) is 27.5 Å². The third kappa shape index (κ3) is 3.45. The van der Waals surface area contributed by atoms with E-state index in [1.165, 1.54) is 12.1 Å². The van der Waals surface area contributed by atoms with E-state index < -0.39 is 0 Å². The van der Waals surface area contributed by atoms with Gasteiger partial charge in [0.2, 0.25) is 0 Å². The van der Waals surface area contributed by atoms with Crippen LogP contribution in [-0.4, -0.2) is 5.84 Å². The summed E-state index contributed by atoms with van der Waals surface area (Å²) in [5, 5.41) is 7.67. The van der Waals surface area contributed by atoms with Crippen molar-refractivity contribution in [2.45, 2.75) is 6.61 Å². The van der Waals surface area contributed by atoms with Crippen LogP contribution in [0.2, 0.25) is 5.02 Å². The number of hydrogen-bond donors (Lipinski definition) is 2. The van der Waals surface area contributed by atoms with Crippen LogP contribution in [0.15, 0.2) is 42.5 Å². The van der Waals surface area contributed by atoms with E-state index in [9.17, 15) is 4.39 Å². The van der Waals surface area contributed by atoms with Gasteiger partial charge in [0.15, 0.2) is 0 Å². The van der Waals surface area contributed by atoms with Crippen molar-refractivity contribution in [3.63, 3.8) is 0 Å². The van der Waals surface area contributed by atoms with Crippen molar-refractivity contribution in [1.29, 1.82) is 5.41 Å². The molecule has 0 aliphatic heterocycles. The summed E-state index contributed by atoms with van der Waals surface area (Å²) in [4.78, 5) is 0. The fraction of sp³-hybridized carbons (Fsp3) is 0.0714. The van der Waals surface area contributed by atoms with E-state index in [0.29, 0.717) is 16.3 Å². The zero-order valence-corrected chi connectivity index (χ0v) is 10.7. The first kappa shape index (κ1) is 13.4. The standard InChI is InChI=1S/C14H12ClFN2O/c15-13-7-11(4-5-12(13)14(17)18)19-8-9-2-1-3-10(16)6-9/h1-7H,8H2,(H3,17,18). The first-order chi connectivity index (χ1) is 9.06. The van der Waals surface area contributed by atoms with E-state index >= 15 is 0 Å². The van der Waals surface area contributed by atoms with Crippen LogP contribution in [0.3, 0.4) is 0 Å². The van der Waals surface area contributed by atoms with Crippen LogP contribution in [-0.2, 0) is 6.61 Å². The van der Waals surface area contributed by atoms with Crippen molar-refractivity contribution in [3.05, 3.63) is 64.4 Å². The normalized spacial score (nSPS) is 10.2. The van der Waals surface area contributed by atoms with E-state index in [1.807, 2.05) is 0 Å². The lowest BCUT2D eigenvalue weighted by Crippen LogP contribution is -2.11. The van der Waals surface area contributed by atoms with Gasteiger partial charge in [-0.3, -0.25) is 5.41 Å². The molecule has 0 radical (unpaired) electrons. The van der Waals surface area contributed by atoms with Gasteiger partial charge in [-0.2, -0.15) is 0 Å². The van der Waals surface area contributed by atoms with Crippen LogP contribution in [0.4, 0.5) is 4.39 Å². The molecule has 19 heavy (non-hydrogen) atoms. The first-order valence-corrected chi connectivity index (χ1v) is 5.95. The summed E-state index contributed by atoms with van der Waals surface area (Å²) in [5.41, 5.74) is 6.55. The fourth-order valence-corrected chi connectivity index (χ4v) is 1.87. The summed E-state index contributed by atoms with van der Waals surface area (Å²) in [6, 6.07) is 11.0. The van der Waals surface area contributed by atoms with E-state index in [-0.39, 0.29) is 18.3 Å². The van der Waals surface area contributed by atoms with Gasteiger partial charge in [0.25, 0.3) is 0 Å². The molecule has 3 N–H and O–H groups in total. The number of halogens is 2. The predicted octanol–water partition coefficient (Wildman–Crippen LogP) is 3.34. The largest absolute Gasteiger partial charge is 0.489 e. The Labute approximate surface area is 115 Å². The molecule has 0 unspecified atom stereocenters. The summed E-state index contributed by atoms with van der Waals surface area (Å²) >= 11 is 5.97. The predicted molar refractivity (Wildman–Crippen MR) is 73.2 cm³/mol. The molecule has 0 heterocycles. The van der Waals surface area contributed by atoms with Crippen molar-refractivity contribution < 1.29 is 9.13 Å². The molecule has 0 saturated carbocycles. The highest BCUT2D eigenvalue weighted by Gasteiger charge is 2.05. The van der Waals surface area contributed by atoms with Crippen molar-refractivity contribution in [3.8, 4) is 5.75 Å². The van der Waals surface area contributed by atoms with Gasteiger partial charge >= 0.3 is 0 Å². The molecule has 0 fully saturated rings. The maximum atomic E-state index is 13.0. The zero-order chi connectivity index (χ0) is 13.8. The van der Waals surface area contributed by atoms with Gasteiger partial charge < -0.3 is 10.5 Å². The highest BCUT2D eigenvalue weighted by molar-refractivity contribution is 6.34. The molecule has 0 amide bonds. The SMILES string of the molecule is N=C(N)c1ccc(OCc2cccc(F)c2)cc1Cl. The Morgan fingerprint density at radius 3 is 2.68 bits per heavy atom. The molecule has 2 aromatic rings. The van der Waals surface area contributed by atoms with Gasteiger partial charge in [0, 0.05) is 5.56 Å². The lowest BCUT2D eigenvalue weighted by Gasteiger charge is -2.08. The van der Waals surface area contributed by atoms with Crippen LogP contribution < -0.4 is 10.5 Å². The Kier molecular flexibility index (Phi) is 4.02. The maximum absolute atomic E-state index is 13.0. The highest BCUT2D eigenvalue weighted by atomic mass is 35.5. The summed E-state index contributed by atoms with van der Waals surface area (Å²) in [6.45, 7) is 0.244. The molecule has 98 valence electrons. The summed E-state index contributed by atoms with van der Waals surface area (Å²) in [7, 11) is 0. The van der Waals surface area contributed by atoms with Gasteiger partial charge in [0.05, 0.1) is 5.02 Å². The molecular weight excluding hydrogens is 267 g/mol. The van der Waals surface area contributed by atoms with Crippen LogP contribution in [0, 0.1) is 11.2 Å². The second-order valence-corrected chi connectivity index (χ2v) is 4.38. The average molecular weight is 279 g/mol. The number of nitrogen functional groups attached to an aromatic ring is 1. The second kappa shape index (κ2) is 5.71. The number of nitrogens with two attached hydrogens (primary N) is 1. The minimum atomic E-state index is -0.300. The molecule has 2 aromatic carbocycles. The summed E-state index contributed by atoms with van der Waals surface area (Å²) < 4.78 is 18.5. The maximum Gasteiger partial charge on any atom is 0.124 e. The Morgan fingerprint density at radius 1 is 1.26 bits per heavy atom. The third-order valence-corrected chi connectivity index (χ3v) is 2.84. The summed E-state index contributed by atoms with van der Waals surface area (Å²) in [6.07, 6.45) is 0. The fourth-order valence-electron chi connectivity index (χ4n) is 1.60. The highest BCUT2D eigenvalue weighted by Crippen LogP contribution is 2.23. The number of nitrogens with one attached hydrogen (secondary N) is 1. The molecule has 0 aliphatic rings. The number of benzene rings is 2. The van der Waals surface area contributed by atoms with Crippen molar-refractivity contribution in [1.82, 2.24) is 0 Å². The van der Waals surface area contributed by atoms with E-state index in [1.54, 1.807) is 30.3 Å². The third-order valence-electron chi connectivity index (χ3n) is 2.53. The van der Waals surface area contributed by atoms with Gasteiger partial charge in [-0.25, -0.2) is 4.39 Å². The first-order valence-electron chi connectivity index (χ1n) is 5.57. The molecule has 5 heteroatoms. The molecule has 3 nitrogen and oxygen atoms in total. The lowest BCUT2D eigenvalue weighted by atomic mass is 10.2. The Hall–Kier alpha value is -2.07. The number of ether oxygens (including phenoxy) is 1. The quantitative estimate of drug-likeness (QED) is 0.666. The Balaban J connectivity index is 2.08. The lowest BCUT2D eigenvalue weighted by molar-refractivity contribution is 0.305. The minimum absolute atomic E-state index is 0.0957. The number of rotatable bonds is 4. The Morgan fingerprint density at radius 2 is 2.05 bits per heavy atom. The smallest absolute Gasteiger partial charge is 0.124 e. The molecular formula is C14H12ClFN2O. The van der Waals surface area contributed by atoms with Gasteiger partial charge in [-0.05, 0) is 35.9 Å². The van der Waals surface area contributed by atoms with Crippen molar-refractivity contribution >= 4 is 17.4 Å². The Bertz CT molecular complexity index is 616. The molecule has 0 aromatic heterocycles. The number of hydrogen-bond acceptors (Lipinski definition) is 2. The van der Waals surface area contributed by atoms with Crippen LogP contribution in [0.1, 0.15) is 11.1 Å². The second-order valence-electron chi connectivity index (χ2n) is 3.97. The van der Waals surface area contributed by atoms with E-state index in [2.05, 4.69) is 0 Å². The molecule has 0 atom stereocenters. The molecule has 0 bridgehead atoms. The molecule has 0 spiro atoms. The monoisotopic (exact) mass is 278 g/mol. The minimum Gasteiger partial charge on any atom is -0.489 e. The molecule has 0 saturated heterocycles. The molecule has 0 aliphatic carbocycles. The zero-order valence-electron chi connectivity index (χ0n) is 9.99. The van der Waals surface area contributed by atoms with Crippen LogP contribution in [0.5, 0.6) is 5.75 Å². The van der Waals surface area contributed by atoms with Crippen LogP contribution >= 0.6 is 11.6 Å². The van der Waals surface area contributed by atoms with Crippen molar-refractivity contribution in [2.75, 3.05) is 0 Å². The van der Waals surface area contributed by atoms with E-state index in [0.717, 1.165) is 5.56 Å². The van der Waals surface area contributed by atoms with Gasteiger partial charge in [-0.1, -0.05) is 23.7 Å². The van der Waals surface area contributed by atoms with Gasteiger partial charge in [-0.15, -0.1) is 0 Å². The van der Waals surface area contributed by atoms with Crippen LogP contribution in [0.25, 0.3) is 0 Å².